The van der Waals surface area contributed by atoms with Crippen LogP contribution in [0.2, 0.25) is 5.02 Å². The van der Waals surface area contributed by atoms with E-state index in [2.05, 4.69) is 10.0 Å². The number of amides is 2. The summed E-state index contributed by atoms with van der Waals surface area (Å²) in [7, 11) is -3.92. The second kappa shape index (κ2) is 14.0. The van der Waals surface area contributed by atoms with Crippen molar-refractivity contribution in [3.63, 3.8) is 0 Å². The highest BCUT2D eigenvalue weighted by Crippen LogP contribution is 2.20. The third kappa shape index (κ3) is 8.55. The first-order chi connectivity index (χ1) is 20.1. The van der Waals surface area contributed by atoms with Crippen LogP contribution in [-0.2, 0) is 32.7 Å². The van der Waals surface area contributed by atoms with E-state index in [1.165, 1.54) is 41.3 Å². The van der Waals surface area contributed by atoms with Crippen molar-refractivity contribution in [2.45, 2.75) is 31.0 Å². The molecular weight excluding hydrogens is 581 g/mol. The molecule has 218 valence electrons. The van der Waals surface area contributed by atoms with Gasteiger partial charge in [0.1, 0.15) is 17.6 Å². The van der Waals surface area contributed by atoms with Crippen molar-refractivity contribution < 1.29 is 27.1 Å². The molecule has 0 aliphatic carbocycles. The van der Waals surface area contributed by atoms with Gasteiger partial charge in [0.25, 0.3) is 15.9 Å². The van der Waals surface area contributed by atoms with Crippen LogP contribution in [0.15, 0.2) is 108 Å². The SMILES string of the molecule is C[C@H](C(=O)NCc1ccc(Cl)cc1)N(Cc1ccccc1)C(=O)COc1ccc(S(=O)(=O)Nc2ccc(F)cc2)cc1. The van der Waals surface area contributed by atoms with Crippen molar-refractivity contribution in [2.24, 2.45) is 0 Å². The minimum absolute atomic E-state index is 0.0396. The first-order valence-corrected chi connectivity index (χ1v) is 14.8. The predicted octanol–water partition coefficient (Wildman–Crippen LogP) is 5.39. The fourth-order valence-corrected chi connectivity index (χ4v) is 5.16. The maximum absolute atomic E-state index is 13.3. The Labute approximate surface area is 249 Å². The van der Waals surface area contributed by atoms with Gasteiger partial charge in [-0.3, -0.25) is 14.3 Å². The molecule has 4 aromatic rings. The molecule has 2 amide bonds. The number of sulfonamides is 1. The lowest BCUT2D eigenvalue weighted by atomic mass is 10.1. The van der Waals surface area contributed by atoms with E-state index in [0.717, 1.165) is 23.3 Å². The van der Waals surface area contributed by atoms with Gasteiger partial charge in [0, 0.05) is 23.8 Å². The highest BCUT2D eigenvalue weighted by atomic mass is 35.5. The minimum Gasteiger partial charge on any atom is -0.484 e. The summed E-state index contributed by atoms with van der Waals surface area (Å²) in [6, 6.07) is 26.0. The van der Waals surface area contributed by atoms with E-state index in [4.69, 9.17) is 16.3 Å². The number of hydrogen-bond donors (Lipinski definition) is 2. The molecule has 0 bridgehead atoms. The molecule has 4 rings (SSSR count). The smallest absolute Gasteiger partial charge is 0.261 e. The molecule has 0 saturated carbocycles. The van der Waals surface area contributed by atoms with Crippen molar-refractivity contribution in [2.75, 3.05) is 11.3 Å². The van der Waals surface area contributed by atoms with Gasteiger partial charge in [0.05, 0.1) is 4.90 Å². The first kappa shape index (κ1) is 30.5. The van der Waals surface area contributed by atoms with Crippen molar-refractivity contribution in [3.8, 4) is 5.75 Å². The Hall–Kier alpha value is -4.41. The van der Waals surface area contributed by atoms with E-state index in [1.54, 1.807) is 19.1 Å². The number of halogens is 2. The third-order valence-electron chi connectivity index (χ3n) is 6.34. The average Bonchev–Trinajstić information content (AvgIpc) is 2.99. The quantitative estimate of drug-likeness (QED) is 0.224. The maximum atomic E-state index is 13.3. The van der Waals surface area contributed by atoms with Crippen molar-refractivity contribution in [1.82, 2.24) is 10.2 Å². The Kier molecular flexibility index (Phi) is 10.2. The van der Waals surface area contributed by atoms with Crippen LogP contribution in [0, 0.1) is 5.82 Å². The normalized spacial score (nSPS) is 11.8. The van der Waals surface area contributed by atoms with Gasteiger partial charge < -0.3 is 15.0 Å². The van der Waals surface area contributed by atoms with Gasteiger partial charge >= 0.3 is 0 Å². The zero-order valence-corrected chi connectivity index (χ0v) is 24.2. The first-order valence-electron chi connectivity index (χ1n) is 13.0. The number of nitrogens with zero attached hydrogens (tertiary/aromatic N) is 1. The van der Waals surface area contributed by atoms with Crippen LogP contribution in [0.5, 0.6) is 5.75 Å². The van der Waals surface area contributed by atoms with Crippen molar-refractivity contribution in [3.05, 3.63) is 125 Å². The molecule has 8 nitrogen and oxygen atoms in total. The van der Waals surface area contributed by atoms with Crippen LogP contribution < -0.4 is 14.8 Å². The molecule has 0 saturated heterocycles. The summed E-state index contributed by atoms with van der Waals surface area (Å²) in [5, 5.41) is 3.45. The lowest BCUT2D eigenvalue weighted by Crippen LogP contribution is -2.48. The molecule has 1 atom stereocenters. The number of benzene rings is 4. The van der Waals surface area contributed by atoms with Gasteiger partial charge in [0.15, 0.2) is 6.61 Å². The van der Waals surface area contributed by atoms with Gasteiger partial charge in [-0.25, -0.2) is 12.8 Å². The Morgan fingerprint density at radius 3 is 2.17 bits per heavy atom. The summed E-state index contributed by atoms with van der Waals surface area (Å²) in [4.78, 5) is 27.7. The van der Waals surface area contributed by atoms with E-state index in [0.29, 0.717) is 5.02 Å². The van der Waals surface area contributed by atoms with Gasteiger partial charge in [-0.1, -0.05) is 54.1 Å². The lowest BCUT2D eigenvalue weighted by molar-refractivity contribution is -0.142. The number of nitrogens with one attached hydrogen (secondary N) is 2. The topological polar surface area (TPSA) is 105 Å². The van der Waals surface area contributed by atoms with Gasteiger partial charge in [0.2, 0.25) is 5.91 Å². The largest absolute Gasteiger partial charge is 0.484 e. The zero-order chi connectivity index (χ0) is 30.1. The van der Waals surface area contributed by atoms with Crippen LogP contribution >= 0.6 is 11.6 Å². The van der Waals surface area contributed by atoms with Gasteiger partial charge in [-0.05, 0) is 78.7 Å². The number of carbonyl (C=O) groups excluding carboxylic acids is 2. The number of rotatable bonds is 12. The molecule has 0 radical (unpaired) electrons. The van der Waals surface area contributed by atoms with Crippen LogP contribution in [0.1, 0.15) is 18.1 Å². The Bertz CT molecular complexity index is 1600. The molecule has 11 heteroatoms. The second-order valence-corrected chi connectivity index (χ2v) is 11.5. The maximum Gasteiger partial charge on any atom is 0.261 e. The molecule has 0 heterocycles. The summed E-state index contributed by atoms with van der Waals surface area (Å²) in [6.07, 6.45) is 0. The summed E-state index contributed by atoms with van der Waals surface area (Å²) < 4.78 is 46.5. The highest BCUT2D eigenvalue weighted by Gasteiger charge is 2.26. The Morgan fingerprint density at radius 2 is 1.52 bits per heavy atom. The molecule has 0 aliphatic heterocycles. The monoisotopic (exact) mass is 609 g/mol. The van der Waals surface area contributed by atoms with E-state index in [1.807, 2.05) is 42.5 Å². The van der Waals surface area contributed by atoms with Crippen molar-refractivity contribution in [1.29, 1.82) is 0 Å². The highest BCUT2D eigenvalue weighted by molar-refractivity contribution is 7.92. The fourth-order valence-electron chi connectivity index (χ4n) is 3.98. The molecule has 0 aromatic heterocycles. The van der Waals surface area contributed by atoms with Crippen LogP contribution in [0.25, 0.3) is 0 Å². The number of anilines is 1. The van der Waals surface area contributed by atoms with Gasteiger partial charge in [-0.15, -0.1) is 0 Å². The van der Waals surface area contributed by atoms with E-state index >= 15 is 0 Å². The molecule has 0 spiro atoms. The predicted molar refractivity (Wildman–Crippen MR) is 159 cm³/mol. The second-order valence-electron chi connectivity index (χ2n) is 9.40. The van der Waals surface area contributed by atoms with E-state index < -0.39 is 27.8 Å². The average molecular weight is 610 g/mol. The summed E-state index contributed by atoms with van der Waals surface area (Å²) >= 11 is 5.93. The third-order valence-corrected chi connectivity index (χ3v) is 7.98. The molecule has 0 fully saturated rings. The fraction of sp³-hybridized carbons (Fsp3) is 0.161. The lowest BCUT2D eigenvalue weighted by Gasteiger charge is -2.28. The Morgan fingerprint density at radius 1 is 0.881 bits per heavy atom. The summed E-state index contributed by atoms with van der Waals surface area (Å²) in [5.41, 5.74) is 1.92. The zero-order valence-electron chi connectivity index (χ0n) is 22.7. The standard InChI is InChI=1S/C31H29ClFN3O5S/c1-22(31(38)34-19-23-7-9-25(32)10-8-23)36(20-24-5-3-2-4-6-24)30(37)21-41-28-15-17-29(18-16-28)42(39,40)35-27-13-11-26(33)12-14-27/h2-18,22,35H,19-21H2,1H3,(H,34,38)/t22-/m1/s1. The Balaban J connectivity index is 1.40. The van der Waals surface area contributed by atoms with Crippen molar-refractivity contribution >= 4 is 39.1 Å². The van der Waals surface area contributed by atoms with E-state index in [9.17, 15) is 22.4 Å². The number of carbonyl (C=O) groups is 2. The number of ether oxygens (including phenoxy) is 1. The molecule has 4 aromatic carbocycles. The van der Waals surface area contributed by atoms with Crippen LogP contribution in [-0.4, -0.2) is 37.8 Å². The summed E-state index contributed by atoms with van der Waals surface area (Å²) in [6.45, 7) is 1.73. The summed E-state index contributed by atoms with van der Waals surface area (Å²) in [5.74, 6) is -0.979. The minimum atomic E-state index is -3.92. The van der Waals surface area contributed by atoms with Crippen LogP contribution in [0.3, 0.4) is 0 Å². The molecule has 2 N–H and O–H groups in total. The molecule has 0 unspecified atom stereocenters. The molecular formula is C31H29ClFN3O5S. The van der Waals surface area contributed by atoms with Gasteiger partial charge in [-0.2, -0.15) is 0 Å². The van der Waals surface area contributed by atoms with Crippen LogP contribution in [0.4, 0.5) is 10.1 Å². The number of hydrogen-bond acceptors (Lipinski definition) is 5. The molecule has 42 heavy (non-hydrogen) atoms. The molecule has 0 aliphatic rings. The van der Waals surface area contributed by atoms with E-state index in [-0.39, 0.29) is 41.9 Å².